The van der Waals surface area contributed by atoms with Crippen LogP contribution in [-0.2, 0) is 10.2 Å². The number of para-hydroxylation sites is 1. The summed E-state index contributed by atoms with van der Waals surface area (Å²) in [6, 6.07) is 23.6. The molecule has 3 aromatic carbocycles. The van der Waals surface area contributed by atoms with Crippen molar-refractivity contribution in [2.45, 2.75) is 17.5 Å². The van der Waals surface area contributed by atoms with E-state index < -0.39 is 23.4 Å². The molecule has 0 bridgehead atoms. The summed E-state index contributed by atoms with van der Waals surface area (Å²) in [5.74, 6) is -1.23. The molecular formula is C34H27N3O5. The summed E-state index contributed by atoms with van der Waals surface area (Å²) in [7, 11) is 3.03. The molecule has 1 aromatic heterocycles. The van der Waals surface area contributed by atoms with Gasteiger partial charge < -0.3 is 19.7 Å². The molecule has 0 radical (unpaired) electrons. The number of ether oxygens (including phenoxy) is 2. The molecule has 8 nitrogen and oxygen atoms in total. The summed E-state index contributed by atoms with van der Waals surface area (Å²) in [6.45, 7) is 0. The minimum Gasteiger partial charge on any atom is -0.493 e. The molecule has 7 rings (SSSR count). The standard InChI is InChI=1S/C34H27N3O5/c1-41-26-15-14-21(19-27(26)42-2)30(38)29-28(31(39)25-13-7-8-17-35-25)34(23-11-5-6-12-24(23)36-33(34)40)32-22-10-4-3-9-20(22)16-18-37(29)32/h3-19,28-29,32H,1-2H3,(H,36,40)/t28-,29-,32-,34+/m1/s1. The van der Waals surface area contributed by atoms with Gasteiger partial charge in [-0.2, -0.15) is 0 Å². The van der Waals surface area contributed by atoms with Crippen LogP contribution in [0.1, 0.15) is 43.6 Å². The van der Waals surface area contributed by atoms with Crippen molar-refractivity contribution in [3.05, 3.63) is 125 Å². The van der Waals surface area contributed by atoms with Crippen LogP contribution < -0.4 is 14.8 Å². The van der Waals surface area contributed by atoms with Gasteiger partial charge in [-0.3, -0.25) is 19.4 Å². The van der Waals surface area contributed by atoms with Gasteiger partial charge in [0.15, 0.2) is 23.1 Å². The number of Topliss-reactive ketones (excluding diaryl/α,β-unsaturated/α-hetero) is 2. The maximum Gasteiger partial charge on any atom is 0.238 e. The van der Waals surface area contributed by atoms with Crippen LogP contribution in [0.3, 0.4) is 0 Å². The molecule has 1 fully saturated rings. The van der Waals surface area contributed by atoms with Gasteiger partial charge in [-0.15, -0.1) is 0 Å². The number of anilines is 1. The molecule has 4 atom stereocenters. The molecule has 4 heterocycles. The van der Waals surface area contributed by atoms with Gasteiger partial charge >= 0.3 is 0 Å². The average Bonchev–Trinajstić information content (AvgIpc) is 3.52. The fourth-order valence-corrected chi connectivity index (χ4v) is 7.00. The number of aromatic nitrogens is 1. The van der Waals surface area contributed by atoms with Gasteiger partial charge in [0, 0.05) is 23.6 Å². The first-order valence-electron chi connectivity index (χ1n) is 13.7. The number of carbonyl (C=O) groups excluding carboxylic acids is 3. The Bertz CT molecular complexity index is 1790. The number of ketones is 2. The lowest BCUT2D eigenvalue weighted by Crippen LogP contribution is -2.49. The van der Waals surface area contributed by atoms with Crippen LogP contribution in [-0.4, -0.2) is 47.6 Å². The van der Waals surface area contributed by atoms with E-state index in [1.165, 1.54) is 14.2 Å². The number of methoxy groups -OCH3 is 2. The SMILES string of the molecule is COc1ccc(C(=O)[C@H]2[C@H](C(=O)c3ccccn3)[C@]3(C(=O)Nc4ccccc43)[C@H]3c4ccccc4C=CN23)cc1OC. The molecular weight excluding hydrogens is 530 g/mol. The van der Waals surface area contributed by atoms with E-state index in [0.717, 1.165) is 11.1 Å². The first kappa shape index (κ1) is 25.7. The van der Waals surface area contributed by atoms with Crippen molar-refractivity contribution in [3.63, 3.8) is 0 Å². The van der Waals surface area contributed by atoms with E-state index >= 15 is 0 Å². The highest BCUT2D eigenvalue weighted by Gasteiger charge is 2.70. The third-order valence-electron chi connectivity index (χ3n) is 8.71. The van der Waals surface area contributed by atoms with Crippen LogP contribution in [0.5, 0.6) is 11.5 Å². The number of pyridine rings is 1. The van der Waals surface area contributed by atoms with Crippen LogP contribution in [0.15, 0.2) is 97.3 Å². The molecule has 208 valence electrons. The second-order valence-electron chi connectivity index (χ2n) is 10.6. The van der Waals surface area contributed by atoms with Gasteiger partial charge in [-0.25, -0.2) is 0 Å². The number of rotatable bonds is 6. The summed E-state index contributed by atoms with van der Waals surface area (Å²) < 4.78 is 10.9. The number of fused-ring (bicyclic) bond motifs is 6. The zero-order valence-corrected chi connectivity index (χ0v) is 23.0. The summed E-state index contributed by atoms with van der Waals surface area (Å²) in [5, 5.41) is 3.05. The maximum atomic E-state index is 14.7. The quantitative estimate of drug-likeness (QED) is 0.330. The molecule has 1 N–H and O–H groups in total. The Hall–Kier alpha value is -5.24. The fraction of sp³-hybridized carbons (Fsp3) is 0.176. The lowest BCUT2D eigenvalue weighted by atomic mass is 9.63. The predicted octanol–water partition coefficient (Wildman–Crippen LogP) is 5.08. The zero-order chi connectivity index (χ0) is 29.0. The Labute approximate surface area is 242 Å². The highest BCUT2D eigenvalue weighted by Crippen LogP contribution is 2.62. The van der Waals surface area contributed by atoms with Crippen molar-refractivity contribution in [2.75, 3.05) is 19.5 Å². The van der Waals surface area contributed by atoms with Crippen LogP contribution in [0.2, 0.25) is 0 Å². The highest BCUT2D eigenvalue weighted by atomic mass is 16.5. The number of amides is 1. The molecule has 3 aliphatic rings. The van der Waals surface area contributed by atoms with Gasteiger partial charge in [0.05, 0.1) is 26.2 Å². The second-order valence-corrected chi connectivity index (χ2v) is 10.6. The average molecular weight is 558 g/mol. The Balaban J connectivity index is 1.52. The third kappa shape index (κ3) is 3.48. The molecule has 4 aromatic rings. The number of carbonyl (C=O) groups is 3. The molecule has 0 unspecified atom stereocenters. The monoisotopic (exact) mass is 557 g/mol. The van der Waals surface area contributed by atoms with Gasteiger partial charge in [0.1, 0.15) is 17.2 Å². The second kappa shape index (κ2) is 9.69. The Morgan fingerprint density at radius 2 is 1.64 bits per heavy atom. The number of nitrogens with zero attached hydrogens (tertiary/aromatic N) is 2. The molecule has 1 spiro atoms. The number of nitrogens with one attached hydrogen (secondary N) is 1. The van der Waals surface area contributed by atoms with Gasteiger partial charge in [0.2, 0.25) is 5.91 Å². The van der Waals surface area contributed by atoms with Crippen LogP contribution >= 0.6 is 0 Å². The molecule has 0 aliphatic carbocycles. The first-order valence-corrected chi connectivity index (χ1v) is 13.7. The molecule has 8 heteroatoms. The van der Waals surface area contributed by atoms with E-state index in [4.69, 9.17) is 9.47 Å². The van der Waals surface area contributed by atoms with Gasteiger partial charge in [-0.1, -0.05) is 48.5 Å². The van der Waals surface area contributed by atoms with E-state index in [1.807, 2.05) is 65.7 Å². The zero-order valence-electron chi connectivity index (χ0n) is 23.0. The van der Waals surface area contributed by atoms with E-state index in [2.05, 4.69) is 10.3 Å². The maximum absolute atomic E-state index is 14.7. The molecule has 3 aliphatic heterocycles. The number of hydrogen-bond donors (Lipinski definition) is 1. The summed E-state index contributed by atoms with van der Waals surface area (Å²) >= 11 is 0. The molecule has 1 saturated heterocycles. The third-order valence-corrected chi connectivity index (χ3v) is 8.71. The van der Waals surface area contributed by atoms with Crippen molar-refractivity contribution in [1.82, 2.24) is 9.88 Å². The molecule has 0 saturated carbocycles. The van der Waals surface area contributed by atoms with Crippen molar-refractivity contribution >= 4 is 29.2 Å². The van der Waals surface area contributed by atoms with Gasteiger partial charge in [-0.05, 0) is 59.2 Å². The van der Waals surface area contributed by atoms with Crippen molar-refractivity contribution in [1.29, 1.82) is 0 Å². The van der Waals surface area contributed by atoms with Crippen LogP contribution in [0.25, 0.3) is 6.08 Å². The van der Waals surface area contributed by atoms with Crippen molar-refractivity contribution < 1.29 is 23.9 Å². The minimum absolute atomic E-state index is 0.196. The number of benzene rings is 3. The topological polar surface area (TPSA) is 97.8 Å². The normalized spacial score (nSPS) is 23.1. The lowest BCUT2D eigenvalue weighted by molar-refractivity contribution is -0.122. The summed E-state index contributed by atoms with van der Waals surface area (Å²) in [4.78, 5) is 50.1. The predicted molar refractivity (Wildman–Crippen MR) is 157 cm³/mol. The molecule has 1 amide bonds. The highest BCUT2D eigenvalue weighted by molar-refractivity contribution is 6.16. The van der Waals surface area contributed by atoms with Crippen LogP contribution in [0, 0.1) is 5.92 Å². The largest absolute Gasteiger partial charge is 0.493 e. The lowest BCUT2D eigenvalue weighted by Gasteiger charge is -2.38. The Kier molecular flexibility index (Phi) is 5.93. The van der Waals surface area contributed by atoms with Crippen molar-refractivity contribution in [2.24, 2.45) is 5.92 Å². The van der Waals surface area contributed by atoms with E-state index in [9.17, 15) is 14.4 Å². The number of hydrogen-bond acceptors (Lipinski definition) is 7. The van der Waals surface area contributed by atoms with E-state index in [0.29, 0.717) is 28.3 Å². The van der Waals surface area contributed by atoms with Crippen LogP contribution in [0.4, 0.5) is 5.69 Å². The fourth-order valence-electron chi connectivity index (χ4n) is 7.00. The van der Waals surface area contributed by atoms with E-state index in [1.54, 1.807) is 42.6 Å². The first-order chi connectivity index (χ1) is 20.5. The Morgan fingerprint density at radius 3 is 2.43 bits per heavy atom. The Morgan fingerprint density at radius 1 is 0.881 bits per heavy atom. The molecule has 42 heavy (non-hydrogen) atoms. The van der Waals surface area contributed by atoms with Crippen molar-refractivity contribution in [3.8, 4) is 11.5 Å². The van der Waals surface area contributed by atoms with E-state index in [-0.39, 0.29) is 23.2 Å². The minimum atomic E-state index is -1.41. The van der Waals surface area contributed by atoms with Gasteiger partial charge in [0.25, 0.3) is 0 Å². The summed E-state index contributed by atoms with van der Waals surface area (Å²) in [6.07, 6.45) is 5.32. The summed E-state index contributed by atoms with van der Waals surface area (Å²) in [5.41, 5.74) is 2.24. The smallest absolute Gasteiger partial charge is 0.238 e.